The van der Waals surface area contributed by atoms with Crippen LogP contribution in [0.3, 0.4) is 0 Å². The predicted octanol–water partition coefficient (Wildman–Crippen LogP) is 2.71. The fraction of sp³-hybridized carbons (Fsp3) is 0. The fourth-order valence-electron chi connectivity index (χ4n) is 0. The van der Waals surface area contributed by atoms with Crippen molar-refractivity contribution in [1.82, 2.24) is 0 Å². The van der Waals surface area contributed by atoms with E-state index in [-0.39, 0.29) is 16.5 Å². The van der Waals surface area contributed by atoms with E-state index >= 15 is 0 Å². The van der Waals surface area contributed by atoms with Crippen LogP contribution in [0.5, 0.6) is 0 Å². The first-order valence-electron chi connectivity index (χ1n) is 2.30. The summed E-state index contributed by atoms with van der Waals surface area (Å²) in [4.78, 5) is 0. The molecule has 0 fully saturated rings. The van der Waals surface area contributed by atoms with Gasteiger partial charge in [0.25, 0.3) is 0 Å². The van der Waals surface area contributed by atoms with Crippen molar-refractivity contribution in [2.24, 2.45) is 0 Å². The molecule has 0 aliphatic rings. The standard InChI is InChI=1S/2C4H6.Ni/c2*1-3-4-2;/h2*3-4H,1-2H2;. The van der Waals surface area contributed by atoms with E-state index in [1.54, 1.807) is 24.3 Å². The van der Waals surface area contributed by atoms with Gasteiger partial charge in [-0.1, -0.05) is 50.6 Å². The number of rotatable bonds is 2. The second-order valence-corrected chi connectivity index (χ2v) is 0.943. The average Bonchev–Trinajstić information content (AvgIpc) is 1.88. The minimum atomic E-state index is 0. The molecule has 0 aromatic heterocycles. The second kappa shape index (κ2) is 26.0. The minimum absolute atomic E-state index is 0. The van der Waals surface area contributed by atoms with E-state index in [2.05, 4.69) is 26.3 Å². The summed E-state index contributed by atoms with van der Waals surface area (Å²) in [5.41, 5.74) is 0. The third-order valence-corrected chi connectivity index (χ3v) is 0.333. The van der Waals surface area contributed by atoms with Gasteiger partial charge in [0.1, 0.15) is 0 Å². The molecule has 0 aromatic rings. The molecule has 0 bridgehead atoms. The van der Waals surface area contributed by atoms with E-state index < -0.39 is 0 Å². The van der Waals surface area contributed by atoms with Crippen molar-refractivity contribution in [3.8, 4) is 0 Å². The third-order valence-electron chi connectivity index (χ3n) is 0.333. The van der Waals surface area contributed by atoms with Gasteiger partial charge in [-0.15, -0.1) is 0 Å². The van der Waals surface area contributed by atoms with Crippen molar-refractivity contribution in [3.05, 3.63) is 50.6 Å². The molecule has 0 nitrogen and oxygen atoms in total. The van der Waals surface area contributed by atoms with Crippen molar-refractivity contribution in [2.45, 2.75) is 0 Å². The smallest absolute Gasteiger partial charge is 0 e. The Labute approximate surface area is 67.6 Å². The Morgan fingerprint density at radius 2 is 0.667 bits per heavy atom. The summed E-state index contributed by atoms with van der Waals surface area (Å²) in [5.74, 6) is 0. The molecule has 0 unspecified atom stereocenters. The molecular formula is C8H12Ni. The van der Waals surface area contributed by atoms with E-state index in [1.807, 2.05) is 0 Å². The summed E-state index contributed by atoms with van der Waals surface area (Å²) >= 11 is 0. The summed E-state index contributed by atoms with van der Waals surface area (Å²) in [6.07, 6.45) is 6.56. The Balaban J connectivity index is -0.0000000720. The Morgan fingerprint density at radius 3 is 0.667 bits per heavy atom. The maximum absolute atomic E-state index is 3.36. The quantitative estimate of drug-likeness (QED) is 0.438. The predicted molar refractivity (Wildman–Crippen MR) is 40.8 cm³/mol. The zero-order chi connectivity index (χ0) is 6.83. The van der Waals surface area contributed by atoms with Gasteiger partial charge in [0.15, 0.2) is 0 Å². The number of hydrogen-bond acceptors (Lipinski definition) is 0. The van der Waals surface area contributed by atoms with Crippen molar-refractivity contribution in [3.63, 3.8) is 0 Å². The van der Waals surface area contributed by atoms with Crippen molar-refractivity contribution in [2.75, 3.05) is 0 Å². The molecule has 1 heteroatoms. The molecule has 0 saturated carbocycles. The van der Waals surface area contributed by atoms with Crippen LogP contribution < -0.4 is 0 Å². The summed E-state index contributed by atoms with van der Waals surface area (Å²) < 4.78 is 0. The fourth-order valence-corrected chi connectivity index (χ4v) is 0. The summed E-state index contributed by atoms with van der Waals surface area (Å²) in [7, 11) is 0. The number of allylic oxidation sites excluding steroid dienone is 4. The normalized spacial score (nSPS) is 4.44. The van der Waals surface area contributed by atoms with Crippen LogP contribution in [0.15, 0.2) is 50.6 Å². The van der Waals surface area contributed by atoms with E-state index in [4.69, 9.17) is 0 Å². The molecule has 0 aromatic carbocycles. The van der Waals surface area contributed by atoms with Gasteiger partial charge in [-0.25, -0.2) is 0 Å². The van der Waals surface area contributed by atoms with Crippen molar-refractivity contribution >= 4 is 0 Å². The van der Waals surface area contributed by atoms with Gasteiger partial charge in [0.2, 0.25) is 0 Å². The number of hydrogen-bond donors (Lipinski definition) is 0. The van der Waals surface area contributed by atoms with Crippen LogP contribution in [0.1, 0.15) is 0 Å². The summed E-state index contributed by atoms with van der Waals surface area (Å²) in [6.45, 7) is 13.4. The molecule has 54 valence electrons. The molecule has 0 heterocycles. The zero-order valence-corrected chi connectivity index (χ0v) is 6.44. The van der Waals surface area contributed by atoms with Gasteiger partial charge in [-0.3, -0.25) is 0 Å². The van der Waals surface area contributed by atoms with Crippen LogP contribution in [0.4, 0.5) is 0 Å². The first-order valence-corrected chi connectivity index (χ1v) is 2.30. The van der Waals surface area contributed by atoms with Gasteiger partial charge < -0.3 is 0 Å². The van der Waals surface area contributed by atoms with Gasteiger partial charge >= 0.3 is 0 Å². The molecular weight excluding hydrogens is 155 g/mol. The van der Waals surface area contributed by atoms with Crippen LogP contribution in [-0.4, -0.2) is 0 Å². The zero-order valence-electron chi connectivity index (χ0n) is 5.45. The summed E-state index contributed by atoms with van der Waals surface area (Å²) in [6, 6.07) is 0. The molecule has 0 spiro atoms. The van der Waals surface area contributed by atoms with Gasteiger partial charge in [0.05, 0.1) is 0 Å². The molecule has 0 saturated heterocycles. The van der Waals surface area contributed by atoms with Crippen LogP contribution in [0.2, 0.25) is 0 Å². The minimum Gasteiger partial charge on any atom is -0.0991 e. The molecule has 0 rings (SSSR count). The van der Waals surface area contributed by atoms with Crippen LogP contribution in [0.25, 0.3) is 0 Å². The van der Waals surface area contributed by atoms with Crippen molar-refractivity contribution < 1.29 is 16.5 Å². The average molecular weight is 167 g/mol. The maximum Gasteiger partial charge on any atom is 0 e. The molecule has 9 heavy (non-hydrogen) atoms. The largest absolute Gasteiger partial charge is 0.0991 e. The van der Waals surface area contributed by atoms with E-state index in [0.717, 1.165) is 0 Å². The molecule has 0 N–H and O–H groups in total. The van der Waals surface area contributed by atoms with E-state index in [1.165, 1.54) is 0 Å². The SMILES string of the molecule is C=CC=C.C=CC=C.[Ni]. The third kappa shape index (κ3) is 105. The molecule has 0 aliphatic carbocycles. The topological polar surface area (TPSA) is 0 Å². The van der Waals surface area contributed by atoms with Crippen LogP contribution in [0, 0.1) is 0 Å². The molecule has 0 atom stereocenters. The van der Waals surface area contributed by atoms with Gasteiger partial charge in [-0.05, 0) is 0 Å². The first-order chi connectivity index (χ1) is 3.83. The first kappa shape index (κ1) is 15.8. The Kier molecular flexibility index (Phi) is 45.7. The molecule has 0 radical (unpaired) electrons. The summed E-state index contributed by atoms with van der Waals surface area (Å²) in [5, 5.41) is 0. The van der Waals surface area contributed by atoms with Gasteiger partial charge in [0, 0.05) is 16.5 Å². The van der Waals surface area contributed by atoms with Crippen LogP contribution >= 0.6 is 0 Å². The maximum atomic E-state index is 3.36. The Bertz CT molecular complexity index is 58.6. The van der Waals surface area contributed by atoms with Gasteiger partial charge in [-0.2, -0.15) is 0 Å². The van der Waals surface area contributed by atoms with Crippen molar-refractivity contribution in [1.29, 1.82) is 0 Å². The second-order valence-electron chi connectivity index (χ2n) is 0.943. The molecule has 0 amide bonds. The van der Waals surface area contributed by atoms with E-state index in [9.17, 15) is 0 Å². The monoisotopic (exact) mass is 166 g/mol. The Morgan fingerprint density at radius 1 is 0.556 bits per heavy atom. The molecule has 0 aliphatic heterocycles. The van der Waals surface area contributed by atoms with Crippen LogP contribution in [-0.2, 0) is 16.5 Å². The Hall–Kier alpha value is -0.546. The van der Waals surface area contributed by atoms with E-state index in [0.29, 0.717) is 0 Å².